The van der Waals surface area contributed by atoms with E-state index in [1.165, 1.54) is 12.8 Å². The fourth-order valence-corrected chi connectivity index (χ4v) is 2.80. The Kier molecular flexibility index (Phi) is 7.15. The average Bonchev–Trinajstić information content (AvgIpc) is 3.19. The van der Waals surface area contributed by atoms with Gasteiger partial charge in [-0.1, -0.05) is 11.6 Å². The first-order valence-electron chi connectivity index (χ1n) is 6.02. The lowest BCUT2D eigenvalue weighted by Gasteiger charge is -2.11. The maximum absolute atomic E-state index is 6.06. The minimum atomic E-state index is 0. The van der Waals surface area contributed by atoms with Crippen molar-refractivity contribution in [2.24, 2.45) is 0 Å². The van der Waals surface area contributed by atoms with Crippen molar-refractivity contribution in [2.75, 3.05) is 26.5 Å². The smallest absolute Gasteiger partial charge is 0.138 e. The number of nitrogens with one attached hydrogen (secondary N) is 1. The van der Waals surface area contributed by atoms with Gasteiger partial charge in [-0.25, -0.2) is 0 Å². The first-order chi connectivity index (χ1) is 8.74. The first kappa shape index (κ1) is 16.8. The molecule has 0 heterocycles. The quantitative estimate of drug-likeness (QED) is 0.613. The third-order valence-electron chi connectivity index (χ3n) is 2.81. The number of ether oxygens (including phenoxy) is 2. The number of hydrogen-bond acceptors (Lipinski definition) is 4. The highest BCUT2D eigenvalue weighted by molar-refractivity contribution is 7.99. The second-order valence-corrected chi connectivity index (χ2v) is 5.76. The Bertz CT molecular complexity index is 414. The van der Waals surface area contributed by atoms with Crippen LogP contribution in [0.5, 0.6) is 11.5 Å². The maximum Gasteiger partial charge on any atom is 0.138 e. The van der Waals surface area contributed by atoms with Crippen molar-refractivity contribution in [3.63, 3.8) is 0 Å². The molecule has 3 nitrogen and oxygen atoms in total. The van der Waals surface area contributed by atoms with Gasteiger partial charge in [-0.3, -0.25) is 0 Å². The summed E-state index contributed by atoms with van der Waals surface area (Å²) in [7, 11) is 3.28. The molecule has 6 heteroatoms. The number of rotatable bonds is 7. The number of methoxy groups -OCH3 is 2. The summed E-state index contributed by atoms with van der Waals surface area (Å²) in [6.45, 7) is 1.02. The van der Waals surface area contributed by atoms with Crippen molar-refractivity contribution in [3.8, 4) is 11.5 Å². The van der Waals surface area contributed by atoms with E-state index in [4.69, 9.17) is 21.1 Å². The van der Waals surface area contributed by atoms with Gasteiger partial charge < -0.3 is 14.8 Å². The third kappa shape index (κ3) is 4.95. The molecule has 1 aromatic rings. The van der Waals surface area contributed by atoms with Crippen molar-refractivity contribution in [1.29, 1.82) is 0 Å². The van der Waals surface area contributed by atoms with Crippen LogP contribution in [0.15, 0.2) is 17.0 Å². The summed E-state index contributed by atoms with van der Waals surface area (Å²) >= 11 is 7.82. The van der Waals surface area contributed by atoms with Crippen LogP contribution in [0.1, 0.15) is 12.8 Å². The summed E-state index contributed by atoms with van der Waals surface area (Å²) < 4.78 is 10.6. The van der Waals surface area contributed by atoms with Crippen LogP contribution in [-0.2, 0) is 0 Å². The van der Waals surface area contributed by atoms with E-state index in [1.807, 2.05) is 6.07 Å². The lowest BCUT2D eigenvalue weighted by molar-refractivity contribution is 0.394. The highest BCUT2D eigenvalue weighted by Gasteiger charge is 2.19. The van der Waals surface area contributed by atoms with E-state index in [-0.39, 0.29) is 12.4 Å². The molecular formula is C13H19Cl2NO2S. The van der Waals surface area contributed by atoms with Crippen LogP contribution in [0.2, 0.25) is 5.02 Å². The standard InChI is InChI=1S/C13H18ClNO2S.ClH/c1-16-11-8-13(12(17-2)7-10(11)14)18-6-5-15-9-3-4-9;/h7-9,15H,3-6H2,1-2H3;1H. The van der Waals surface area contributed by atoms with Gasteiger partial charge in [0.15, 0.2) is 0 Å². The lowest BCUT2D eigenvalue weighted by Crippen LogP contribution is -2.19. The molecule has 1 N–H and O–H groups in total. The Morgan fingerprint density at radius 2 is 1.95 bits per heavy atom. The zero-order chi connectivity index (χ0) is 13.0. The Hall–Kier alpha value is -0.290. The van der Waals surface area contributed by atoms with Gasteiger partial charge in [0.1, 0.15) is 11.5 Å². The molecule has 0 atom stereocenters. The van der Waals surface area contributed by atoms with Crippen molar-refractivity contribution in [1.82, 2.24) is 5.32 Å². The number of halogens is 2. The van der Waals surface area contributed by atoms with E-state index in [0.717, 1.165) is 29.0 Å². The van der Waals surface area contributed by atoms with Gasteiger partial charge in [0.25, 0.3) is 0 Å². The predicted octanol–water partition coefficient (Wildman–Crippen LogP) is 3.62. The zero-order valence-corrected chi connectivity index (χ0v) is 13.5. The number of hydrogen-bond donors (Lipinski definition) is 1. The lowest BCUT2D eigenvalue weighted by atomic mass is 10.3. The van der Waals surface area contributed by atoms with Gasteiger partial charge in [0.2, 0.25) is 0 Å². The molecular weight excluding hydrogens is 305 g/mol. The highest BCUT2D eigenvalue weighted by Crippen LogP contribution is 2.37. The molecule has 1 saturated carbocycles. The van der Waals surface area contributed by atoms with E-state index >= 15 is 0 Å². The van der Waals surface area contributed by atoms with Crippen LogP contribution < -0.4 is 14.8 Å². The van der Waals surface area contributed by atoms with Crippen molar-refractivity contribution in [2.45, 2.75) is 23.8 Å². The van der Waals surface area contributed by atoms with Crippen molar-refractivity contribution >= 4 is 35.8 Å². The van der Waals surface area contributed by atoms with E-state index < -0.39 is 0 Å². The average molecular weight is 324 g/mol. The predicted molar refractivity (Wildman–Crippen MR) is 83.6 cm³/mol. The molecule has 0 spiro atoms. The minimum absolute atomic E-state index is 0. The summed E-state index contributed by atoms with van der Waals surface area (Å²) in [6.07, 6.45) is 2.64. The monoisotopic (exact) mass is 323 g/mol. The molecule has 1 aromatic carbocycles. The van der Waals surface area contributed by atoms with Crippen LogP contribution in [0.25, 0.3) is 0 Å². The fourth-order valence-electron chi connectivity index (χ4n) is 1.66. The summed E-state index contributed by atoms with van der Waals surface area (Å²) in [5, 5.41) is 4.06. The van der Waals surface area contributed by atoms with Crippen LogP contribution in [0.3, 0.4) is 0 Å². The second kappa shape index (κ2) is 8.10. The van der Waals surface area contributed by atoms with Gasteiger partial charge in [-0.15, -0.1) is 24.2 Å². The molecule has 0 aliphatic heterocycles. The largest absolute Gasteiger partial charge is 0.496 e. The molecule has 0 saturated heterocycles. The Morgan fingerprint density at radius 3 is 2.53 bits per heavy atom. The maximum atomic E-state index is 6.06. The van der Waals surface area contributed by atoms with Crippen LogP contribution >= 0.6 is 35.8 Å². The molecule has 108 valence electrons. The molecule has 0 bridgehead atoms. The number of thioether (sulfide) groups is 1. The molecule has 1 aliphatic carbocycles. The van der Waals surface area contributed by atoms with Gasteiger partial charge >= 0.3 is 0 Å². The van der Waals surface area contributed by atoms with Gasteiger partial charge in [0, 0.05) is 24.4 Å². The molecule has 2 rings (SSSR count). The SMILES string of the molecule is COc1cc(SCCNC2CC2)c(OC)cc1Cl.Cl. The van der Waals surface area contributed by atoms with Gasteiger partial charge in [0.05, 0.1) is 24.1 Å². The first-order valence-corrected chi connectivity index (χ1v) is 7.38. The van der Waals surface area contributed by atoms with E-state index in [1.54, 1.807) is 32.0 Å². The Morgan fingerprint density at radius 1 is 1.26 bits per heavy atom. The van der Waals surface area contributed by atoms with Gasteiger partial charge in [-0.05, 0) is 18.9 Å². The normalized spacial score (nSPS) is 13.8. The Labute approximate surface area is 129 Å². The molecule has 0 aromatic heterocycles. The minimum Gasteiger partial charge on any atom is -0.496 e. The van der Waals surface area contributed by atoms with E-state index in [9.17, 15) is 0 Å². The molecule has 0 amide bonds. The molecule has 1 fully saturated rings. The topological polar surface area (TPSA) is 30.5 Å². The van der Waals surface area contributed by atoms with E-state index in [0.29, 0.717) is 10.8 Å². The Balaban J connectivity index is 0.00000180. The molecule has 0 unspecified atom stereocenters. The highest BCUT2D eigenvalue weighted by atomic mass is 35.5. The van der Waals surface area contributed by atoms with Crippen molar-refractivity contribution in [3.05, 3.63) is 17.2 Å². The van der Waals surface area contributed by atoms with Crippen LogP contribution in [0, 0.1) is 0 Å². The van der Waals surface area contributed by atoms with Crippen LogP contribution in [0.4, 0.5) is 0 Å². The summed E-state index contributed by atoms with van der Waals surface area (Å²) in [6, 6.07) is 4.49. The number of benzene rings is 1. The second-order valence-electron chi connectivity index (χ2n) is 4.21. The summed E-state index contributed by atoms with van der Waals surface area (Å²) in [4.78, 5) is 1.07. The molecule has 1 aliphatic rings. The summed E-state index contributed by atoms with van der Waals surface area (Å²) in [5.74, 6) is 2.50. The van der Waals surface area contributed by atoms with Crippen LogP contribution in [-0.4, -0.2) is 32.6 Å². The molecule has 0 radical (unpaired) electrons. The van der Waals surface area contributed by atoms with E-state index in [2.05, 4.69) is 5.32 Å². The zero-order valence-electron chi connectivity index (χ0n) is 11.1. The molecule has 19 heavy (non-hydrogen) atoms. The van der Waals surface area contributed by atoms with Crippen molar-refractivity contribution < 1.29 is 9.47 Å². The summed E-state index contributed by atoms with van der Waals surface area (Å²) in [5.41, 5.74) is 0. The third-order valence-corrected chi connectivity index (χ3v) is 4.14. The fraction of sp³-hybridized carbons (Fsp3) is 0.538. The van der Waals surface area contributed by atoms with Gasteiger partial charge in [-0.2, -0.15) is 0 Å².